The number of nitrogens with two attached hydrogens (primary N) is 6. The van der Waals surface area contributed by atoms with Crippen molar-refractivity contribution in [1.29, 1.82) is 0 Å². The summed E-state index contributed by atoms with van der Waals surface area (Å²) >= 11 is 0. The van der Waals surface area contributed by atoms with Crippen molar-refractivity contribution in [2.24, 2.45) is 0 Å². The van der Waals surface area contributed by atoms with Gasteiger partial charge in [-0.3, -0.25) is 54.6 Å². The van der Waals surface area contributed by atoms with Crippen LogP contribution in [-0.4, -0.2) is 121 Å². The van der Waals surface area contributed by atoms with Crippen LogP contribution < -0.4 is 39.1 Å². The highest BCUT2D eigenvalue weighted by Gasteiger charge is 2.21. The summed E-state index contributed by atoms with van der Waals surface area (Å²) in [6.07, 6.45) is 33.9. The molecule has 23 heteroatoms. The minimum Gasteiger partial charge on any atom is -0.481 e. The van der Waals surface area contributed by atoms with Crippen molar-refractivity contribution in [1.82, 2.24) is 74.8 Å². The number of aromatic nitrogens is 13. The summed E-state index contributed by atoms with van der Waals surface area (Å²) in [6, 6.07) is 32.2. The number of likely N-dealkylation sites (N-methyl/N-ethyl adjacent to an activating group) is 1. The van der Waals surface area contributed by atoms with E-state index in [9.17, 15) is 4.79 Å². The molecule has 0 aromatic carbocycles. The number of aryl methyl sites for hydroxylation is 2. The molecule has 13 heterocycles. The van der Waals surface area contributed by atoms with E-state index in [4.69, 9.17) is 39.1 Å². The highest BCUT2D eigenvalue weighted by Crippen LogP contribution is 2.29. The lowest BCUT2D eigenvalue weighted by Gasteiger charge is -2.32. The fourth-order valence-electron chi connectivity index (χ4n) is 8.88. The van der Waals surface area contributed by atoms with Crippen molar-refractivity contribution in [3.05, 3.63) is 244 Å². The number of pyridine rings is 11. The molecule has 0 saturated carbocycles. The molecule has 0 atom stereocenters. The van der Waals surface area contributed by atoms with Crippen LogP contribution in [0.25, 0.3) is 66.8 Å². The summed E-state index contributed by atoms with van der Waals surface area (Å²) in [6.45, 7) is 7.22. The van der Waals surface area contributed by atoms with E-state index in [2.05, 4.69) is 77.0 Å². The van der Waals surface area contributed by atoms with Gasteiger partial charge < -0.3 is 48.9 Å². The van der Waals surface area contributed by atoms with Crippen molar-refractivity contribution in [3.63, 3.8) is 0 Å². The van der Waals surface area contributed by atoms with E-state index in [1.165, 1.54) is 0 Å². The molecule has 1 aliphatic rings. The van der Waals surface area contributed by atoms with Gasteiger partial charge in [-0.2, -0.15) is 10.2 Å². The number of piperazine rings is 1. The Morgan fingerprint density at radius 1 is 0.374 bits per heavy atom. The molecule has 1 amide bonds. The highest BCUT2D eigenvalue weighted by molar-refractivity contribution is 5.93. The second kappa shape index (κ2) is 33.0. The van der Waals surface area contributed by atoms with Crippen LogP contribution in [-0.2, 0) is 0 Å². The van der Waals surface area contributed by atoms with Crippen molar-refractivity contribution < 1.29 is 9.53 Å². The molecule has 91 heavy (non-hydrogen) atoms. The maximum atomic E-state index is 12.4. The van der Waals surface area contributed by atoms with E-state index in [1.807, 2.05) is 116 Å². The predicted octanol–water partition coefficient (Wildman–Crippen LogP) is 9.76. The van der Waals surface area contributed by atoms with Gasteiger partial charge in [-0.1, -0.05) is 24.3 Å². The average molecular weight is 1210 g/mol. The van der Waals surface area contributed by atoms with E-state index in [-0.39, 0.29) is 5.91 Å². The monoisotopic (exact) mass is 1210 g/mol. The Kier molecular flexibility index (Phi) is 23.5. The normalized spacial score (nSPS) is 11.4. The van der Waals surface area contributed by atoms with Crippen LogP contribution in [0.3, 0.4) is 0 Å². The topological polar surface area (TPSA) is 356 Å². The Labute approximate surface area is 527 Å². The fourth-order valence-corrected chi connectivity index (χ4v) is 8.88. The number of carbonyl (C=O) groups is 1. The molecule has 13 rings (SSSR count). The number of nitrogen functional groups attached to an aromatic ring is 6. The molecule has 0 spiro atoms. The molecule has 12 aromatic heterocycles. The largest absolute Gasteiger partial charge is 0.481 e. The molecule has 1 aliphatic heterocycles. The van der Waals surface area contributed by atoms with Gasteiger partial charge in [-0.25, -0.2) is 4.98 Å². The van der Waals surface area contributed by atoms with Gasteiger partial charge in [0.05, 0.1) is 90.8 Å². The van der Waals surface area contributed by atoms with E-state index < -0.39 is 0 Å². The van der Waals surface area contributed by atoms with Crippen LogP contribution in [0.15, 0.2) is 227 Å². The molecule has 0 unspecified atom stereocenters. The third-order valence-electron chi connectivity index (χ3n) is 13.8. The first-order valence-electron chi connectivity index (χ1n) is 28.4. The van der Waals surface area contributed by atoms with Crippen molar-refractivity contribution in [3.8, 4) is 72.6 Å². The van der Waals surface area contributed by atoms with Crippen LogP contribution in [0.5, 0.6) is 5.88 Å². The number of amides is 1. The van der Waals surface area contributed by atoms with Crippen LogP contribution >= 0.6 is 0 Å². The Bertz CT molecular complexity index is 4080. The second-order valence-corrected chi connectivity index (χ2v) is 20.1. The fraction of sp³-hybridized carbons (Fsp3) is 0.118. The number of nitrogens with zero attached hydrogens (tertiary/aromatic N) is 15. The number of hydrogen-bond donors (Lipinski definition) is 6. The van der Waals surface area contributed by atoms with E-state index in [1.54, 1.807) is 137 Å². The molecule has 0 bridgehead atoms. The van der Waals surface area contributed by atoms with Crippen LogP contribution in [0.4, 0.5) is 34.1 Å². The van der Waals surface area contributed by atoms with E-state index in [0.29, 0.717) is 45.7 Å². The van der Waals surface area contributed by atoms with E-state index >= 15 is 0 Å². The summed E-state index contributed by atoms with van der Waals surface area (Å²) in [5, 5.41) is 7.47. The maximum Gasteiger partial charge on any atom is 0.272 e. The molecule has 12 N–H and O–H groups in total. The number of hydrogen-bond acceptors (Lipinski definition) is 22. The smallest absolute Gasteiger partial charge is 0.272 e. The number of rotatable bonds is 8. The minimum atomic E-state index is -0.0117. The number of anilines is 6. The summed E-state index contributed by atoms with van der Waals surface area (Å²) in [4.78, 5) is 61.0. The Hall–Kier alpha value is -12.2. The Morgan fingerprint density at radius 3 is 1.19 bits per heavy atom. The van der Waals surface area contributed by atoms with Gasteiger partial charge in [0.15, 0.2) is 0 Å². The quantitative estimate of drug-likeness (QED) is 0.0823. The van der Waals surface area contributed by atoms with Gasteiger partial charge in [0, 0.05) is 185 Å². The first-order valence-corrected chi connectivity index (χ1v) is 28.4. The molecule has 23 nitrogen and oxygen atoms in total. The highest BCUT2D eigenvalue weighted by atomic mass is 16.5. The molecule has 458 valence electrons. The molecule has 12 aromatic rings. The average Bonchev–Trinajstić information content (AvgIpc) is 1.75. The Morgan fingerprint density at radius 2 is 0.802 bits per heavy atom. The minimum absolute atomic E-state index is 0.0117. The van der Waals surface area contributed by atoms with Crippen LogP contribution in [0.2, 0.25) is 0 Å². The third-order valence-corrected chi connectivity index (χ3v) is 13.8. The van der Waals surface area contributed by atoms with Crippen molar-refractivity contribution in [2.45, 2.75) is 13.8 Å². The van der Waals surface area contributed by atoms with Gasteiger partial charge in [0.1, 0.15) is 5.69 Å². The van der Waals surface area contributed by atoms with Gasteiger partial charge in [-0.15, -0.1) is 0 Å². The first kappa shape index (κ1) is 64.8. The lowest BCUT2D eigenvalue weighted by Crippen LogP contribution is -2.47. The molecule has 1 saturated heterocycles. The zero-order valence-electron chi connectivity index (χ0n) is 50.7. The van der Waals surface area contributed by atoms with Crippen molar-refractivity contribution in [2.75, 3.05) is 74.7 Å². The zero-order valence-corrected chi connectivity index (χ0v) is 50.7. The lowest BCUT2D eigenvalue weighted by atomic mass is 10.0. The number of methoxy groups -OCH3 is 1. The van der Waals surface area contributed by atoms with Crippen LogP contribution in [0, 0.1) is 13.8 Å². The summed E-state index contributed by atoms with van der Waals surface area (Å²) in [5.41, 5.74) is 52.8. The number of carbonyl (C=O) groups excluding carboxylic acids is 1. The predicted molar refractivity (Wildman–Crippen MR) is 359 cm³/mol. The van der Waals surface area contributed by atoms with Gasteiger partial charge in [-0.05, 0) is 93.7 Å². The number of ether oxygens (including phenoxy) is 1. The van der Waals surface area contributed by atoms with Gasteiger partial charge in [0.25, 0.3) is 5.91 Å². The Balaban J connectivity index is 0.000000142. The summed E-state index contributed by atoms with van der Waals surface area (Å²) < 4.78 is 4.98. The zero-order chi connectivity index (χ0) is 64.3. The maximum absolute atomic E-state index is 12.4. The standard InChI is InChI=1S/C16H19N5O.C11H11N3O.2C11H11N3.C10H9N3.C9H8N4/c1-20-6-8-21(9-7-20)16(22)15-3-2-12(10-19-15)13-4-5-18-11-14(13)17;1-15-11-3-2-8(6-14-11)9-4-5-13-7-10(9)12;1-8-2-3-9(6-14-8)10-4-5-13-7-11(10)12;1-8-9(3-2-5-14-8)10-4-6-13-7-11(10)12;11-10-7-13-5-3-9(10)8-2-1-4-12-6-8;10-9-6-11-3-2-8(9)7-1-4-12-13-5-7/h2-5,10-11H,6-9,17H2,1H3;2-7H,12H2,1H3;2*2-7H,12H2,1H3;1-7H,11H2;1-6H,10H2. The molecule has 1 fully saturated rings. The molecule has 0 aliphatic carbocycles. The molecular formula is C68H69N21O2. The second-order valence-electron chi connectivity index (χ2n) is 20.1. The first-order chi connectivity index (χ1) is 44.3. The summed E-state index contributed by atoms with van der Waals surface area (Å²) in [5.74, 6) is 0.578. The van der Waals surface area contributed by atoms with Crippen LogP contribution in [0.1, 0.15) is 21.9 Å². The van der Waals surface area contributed by atoms with Crippen molar-refractivity contribution >= 4 is 40.0 Å². The molecule has 0 radical (unpaired) electrons. The SMILES string of the molecule is CN1CCN(C(=O)c2ccc(-c3ccncc3N)cn2)CC1.COc1ccc(-c2ccncc2N)cn1.Cc1ccc(-c2ccncc2N)cn1.Cc1ncccc1-c1ccncc1N.Nc1cnccc1-c1cccnc1.Nc1cnccc1-c1ccnnc1. The summed E-state index contributed by atoms with van der Waals surface area (Å²) in [7, 11) is 3.65. The van der Waals surface area contributed by atoms with E-state index in [0.717, 1.165) is 104 Å². The van der Waals surface area contributed by atoms with Gasteiger partial charge in [0.2, 0.25) is 5.88 Å². The lowest BCUT2D eigenvalue weighted by molar-refractivity contribution is 0.0658. The van der Waals surface area contributed by atoms with Gasteiger partial charge >= 0.3 is 0 Å². The molecular weight excluding hydrogens is 1140 g/mol. The third kappa shape index (κ3) is 18.6.